The Balaban J connectivity index is 2.04. The zero-order chi connectivity index (χ0) is 13.0. The van der Waals surface area contributed by atoms with E-state index in [2.05, 4.69) is 17.1 Å². The number of carbonyl (C=O) groups is 1. The van der Waals surface area contributed by atoms with Crippen molar-refractivity contribution in [2.75, 3.05) is 0 Å². The largest absolute Gasteiger partial charge is 0.346 e. The molecule has 0 radical (unpaired) electrons. The Bertz CT molecular complexity index is 528. The van der Waals surface area contributed by atoms with Crippen LogP contribution in [0.5, 0.6) is 0 Å². The molecule has 18 heavy (non-hydrogen) atoms. The Labute approximate surface area is 106 Å². The van der Waals surface area contributed by atoms with E-state index < -0.39 is 0 Å². The quantitative estimate of drug-likeness (QED) is 0.736. The van der Waals surface area contributed by atoms with Gasteiger partial charge in [-0.2, -0.15) is 4.98 Å². The summed E-state index contributed by atoms with van der Waals surface area (Å²) in [4.78, 5) is 15.8. The van der Waals surface area contributed by atoms with Gasteiger partial charge in [0.2, 0.25) is 5.89 Å². The van der Waals surface area contributed by atoms with Gasteiger partial charge in [-0.05, 0) is 12.5 Å². The van der Waals surface area contributed by atoms with Crippen molar-refractivity contribution in [1.82, 2.24) is 14.7 Å². The lowest BCUT2D eigenvalue weighted by Crippen LogP contribution is -2.00. The minimum absolute atomic E-state index is 0.147. The first-order chi connectivity index (χ1) is 8.72. The highest BCUT2D eigenvalue weighted by molar-refractivity contribution is 5.95. The molecule has 0 aliphatic heterocycles. The number of hydrogen-bond acceptors (Lipinski definition) is 4. The number of carbonyl (C=O) groups excluding carboxylic acids is 1. The number of nitrogens with zero attached hydrogens (tertiary/aromatic N) is 3. The monoisotopic (exact) mass is 247 g/mol. The highest BCUT2D eigenvalue weighted by Gasteiger charge is 2.08. The summed E-state index contributed by atoms with van der Waals surface area (Å²) >= 11 is 0. The van der Waals surface area contributed by atoms with Gasteiger partial charge in [0.25, 0.3) is 0 Å². The molecule has 96 valence electrons. The van der Waals surface area contributed by atoms with Crippen molar-refractivity contribution in [3.8, 4) is 0 Å². The topological polar surface area (TPSA) is 60.9 Å². The summed E-state index contributed by atoms with van der Waals surface area (Å²) in [5.74, 6) is 1.46. The van der Waals surface area contributed by atoms with Gasteiger partial charge in [-0.1, -0.05) is 19.0 Å². The molecule has 2 rings (SSSR count). The molecule has 2 aromatic heterocycles. The van der Waals surface area contributed by atoms with E-state index in [1.54, 1.807) is 0 Å². The van der Waals surface area contributed by atoms with E-state index >= 15 is 0 Å². The lowest BCUT2D eigenvalue weighted by Gasteiger charge is -1.96. The Morgan fingerprint density at radius 1 is 1.44 bits per heavy atom. The summed E-state index contributed by atoms with van der Waals surface area (Å²) in [6.07, 6.45) is 5.99. The van der Waals surface area contributed by atoms with Gasteiger partial charge in [0.15, 0.2) is 11.6 Å². The van der Waals surface area contributed by atoms with E-state index in [1.165, 1.54) is 0 Å². The van der Waals surface area contributed by atoms with Crippen molar-refractivity contribution in [3.05, 3.63) is 35.7 Å². The number of rotatable bonds is 6. The van der Waals surface area contributed by atoms with Gasteiger partial charge in [-0.25, -0.2) is 0 Å². The lowest BCUT2D eigenvalue weighted by atomic mass is 10.2. The van der Waals surface area contributed by atoms with Crippen LogP contribution >= 0.6 is 0 Å². The van der Waals surface area contributed by atoms with Crippen LogP contribution in [-0.2, 0) is 13.0 Å². The second-order valence-corrected chi connectivity index (χ2v) is 4.20. The first-order valence-electron chi connectivity index (χ1n) is 6.23. The molecule has 0 aliphatic rings. The van der Waals surface area contributed by atoms with Crippen molar-refractivity contribution in [2.24, 2.45) is 0 Å². The second-order valence-electron chi connectivity index (χ2n) is 4.20. The first-order valence-corrected chi connectivity index (χ1v) is 6.23. The van der Waals surface area contributed by atoms with Crippen molar-refractivity contribution < 1.29 is 9.32 Å². The van der Waals surface area contributed by atoms with E-state index in [1.807, 2.05) is 30.0 Å². The fourth-order valence-electron chi connectivity index (χ4n) is 1.74. The minimum Gasteiger partial charge on any atom is -0.346 e. The Morgan fingerprint density at radius 3 is 3.00 bits per heavy atom. The van der Waals surface area contributed by atoms with E-state index in [4.69, 9.17) is 4.52 Å². The molecule has 0 amide bonds. The highest BCUT2D eigenvalue weighted by atomic mass is 16.5. The SMILES string of the molecule is CCCc1nc(Cn2ccc(C(=O)CC)c2)no1. The van der Waals surface area contributed by atoms with Gasteiger partial charge in [0, 0.05) is 30.8 Å². The molecule has 0 saturated heterocycles. The lowest BCUT2D eigenvalue weighted by molar-refractivity contribution is 0.0988. The van der Waals surface area contributed by atoms with Crippen LogP contribution < -0.4 is 0 Å². The fraction of sp³-hybridized carbons (Fsp3) is 0.462. The van der Waals surface area contributed by atoms with Crippen LogP contribution in [0.15, 0.2) is 23.0 Å². The third kappa shape index (κ3) is 2.85. The first kappa shape index (κ1) is 12.5. The Morgan fingerprint density at radius 2 is 2.28 bits per heavy atom. The van der Waals surface area contributed by atoms with Gasteiger partial charge in [-0.15, -0.1) is 0 Å². The number of aromatic nitrogens is 3. The molecule has 2 aromatic rings. The molecular weight excluding hydrogens is 230 g/mol. The fourth-order valence-corrected chi connectivity index (χ4v) is 1.74. The number of ketones is 1. The molecule has 0 spiro atoms. The molecule has 0 bridgehead atoms. The molecule has 0 atom stereocenters. The van der Waals surface area contributed by atoms with E-state index in [9.17, 15) is 4.79 Å². The normalized spacial score (nSPS) is 10.8. The summed E-state index contributed by atoms with van der Waals surface area (Å²) in [5, 5.41) is 3.91. The Kier molecular flexibility index (Phi) is 3.92. The maximum absolute atomic E-state index is 11.5. The van der Waals surface area contributed by atoms with E-state index in [-0.39, 0.29) is 5.78 Å². The zero-order valence-electron chi connectivity index (χ0n) is 10.7. The molecule has 0 unspecified atom stereocenters. The third-order valence-electron chi connectivity index (χ3n) is 2.69. The average molecular weight is 247 g/mol. The van der Waals surface area contributed by atoms with Gasteiger partial charge in [0.05, 0.1) is 6.54 Å². The van der Waals surface area contributed by atoms with Gasteiger partial charge >= 0.3 is 0 Å². The summed E-state index contributed by atoms with van der Waals surface area (Å²) in [5.41, 5.74) is 0.731. The van der Waals surface area contributed by atoms with Crippen molar-refractivity contribution in [2.45, 2.75) is 39.7 Å². The van der Waals surface area contributed by atoms with Crippen LogP contribution in [0.1, 0.15) is 48.8 Å². The van der Waals surface area contributed by atoms with Crippen LogP contribution in [0.4, 0.5) is 0 Å². The van der Waals surface area contributed by atoms with Crippen LogP contribution in [-0.4, -0.2) is 20.5 Å². The van der Waals surface area contributed by atoms with Crippen molar-refractivity contribution >= 4 is 5.78 Å². The zero-order valence-corrected chi connectivity index (χ0v) is 10.7. The number of Topliss-reactive ketones (excluding diaryl/α,β-unsaturated/α-hetero) is 1. The predicted molar refractivity (Wildman–Crippen MR) is 66.4 cm³/mol. The molecule has 0 aromatic carbocycles. The second kappa shape index (κ2) is 5.62. The van der Waals surface area contributed by atoms with E-state index in [0.29, 0.717) is 24.7 Å². The predicted octanol–water partition coefficient (Wildman–Crippen LogP) is 2.46. The highest BCUT2D eigenvalue weighted by Crippen LogP contribution is 2.07. The number of aryl methyl sites for hydroxylation is 1. The maximum Gasteiger partial charge on any atom is 0.226 e. The van der Waals surface area contributed by atoms with Crippen LogP contribution in [0.2, 0.25) is 0 Å². The summed E-state index contributed by atoms with van der Waals surface area (Å²) in [6, 6.07) is 1.82. The summed E-state index contributed by atoms with van der Waals surface area (Å²) < 4.78 is 7.00. The molecule has 0 N–H and O–H groups in total. The van der Waals surface area contributed by atoms with Crippen molar-refractivity contribution in [3.63, 3.8) is 0 Å². The smallest absolute Gasteiger partial charge is 0.226 e. The third-order valence-corrected chi connectivity index (χ3v) is 2.69. The maximum atomic E-state index is 11.5. The van der Waals surface area contributed by atoms with Gasteiger partial charge in [0.1, 0.15) is 0 Å². The molecule has 0 saturated carbocycles. The molecule has 5 nitrogen and oxygen atoms in total. The Hall–Kier alpha value is -1.91. The van der Waals surface area contributed by atoms with Crippen LogP contribution in [0.25, 0.3) is 0 Å². The average Bonchev–Trinajstić information content (AvgIpc) is 2.99. The molecule has 2 heterocycles. The van der Waals surface area contributed by atoms with E-state index in [0.717, 1.165) is 18.4 Å². The summed E-state index contributed by atoms with van der Waals surface area (Å²) in [6.45, 7) is 4.46. The van der Waals surface area contributed by atoms with Crippen LogP contribution in [0.3, 0.4) is 0 Å². The summed E-state index contributed by atoms with van der Waals surface area (Å²) in [7, 11) is 0. The number of hydrogen-bond donors (Lipinski definition) is 0. The molecular formula is C13H17N3O2. The van der Waals surface area contributed by atoms with Gasteiger partial charge in [-0.3, -0.25) is 4.79 Å². The van der Waals surface area contributed by atoms with Crippen LogP contribution in [0, 0.1) is 0 Å². The standard InChI is InChI=1S/C13H17N3O2/c1-3-5-13-14-12(15-18-13)9-16-7-6-10(8-16)11(17)4-2/h6-8H,3-5,9H2,1-2H3. The van der Waals surface area contributed by atoms with Gasteiger partial charge < -0.3 is 9.09 Å². The minimum atomic E-state index is 0.147. The molecule has 0 aliphatic carbocycles. The molecule has 0 fully saturated rings. The molecule has 5 heteroatoms. The van der Waals surface area contributed by atoms with Crippen molar-refractivity contribution in [1.29, 1.82) is 0 Å².